The van der Waals surface area contributed by atoms with Gasteiger partial charge in [-0.3, -0.25) is 0 Å². The van der Waals surface area contributed by atoms with E-state index in [1.54, 1.807) is 14.2 Å². The number of aliphatic hydroxyl groups excluding tert-OH is 1. The molecule has 114 valence electrons. The van der Waals surface area contributed by atoms with Crippen molar-refractivity contribution in [1.82, 2.24) is 5.32 Å². The molecule has 0 aliphatic rings. The summed E-state index contributed by atoms with van der Waals surface area (Å²) in [6.07, 6.45) is 0.475. The first-order chi connectivity index (χ1) is 9.54. The Morgan fingerprint density at radius 2 is 1.80 bits per heavy atom. The van der Waals surface area contributed by atoms with Crippen LogP contribution in [0.2, 0.25) is 0 Å². The van der Waals surface area contributed by atoms with Crippen molar-refractivity contribution in [2.75, 3.05) is 20.8 Å². The molecule has 1 aromatic rings. The summed E-state index contributed by atoms with van der Waals surface area (Å²) in [5.41, 5.74) is 0.838. The van der Waals surface area contributed by atoms with Crippen molar-refractivity contribution in [1.29, 1.82) is 0 Å². The van der Waals surface area contributed by atoms with Crippen LogP contribution in [0.15, 0.2) is 18.2 Å². The standard InChI is InChI=1S/C16H27NO3/c1-6-9-17-15(11(2)3)16(18)12-7-8-13(19-4)14(10-12)20-5/h7-8,10-11,15-18H,6,9H2,1-5H3. The van der Waals surface area contributed by atoms with E-state index in [0.717, 1.165) is 18.5 Å². The molecule has 0 saturated heterocycles. The van der Waals surface area contributed by atoms with Crippen molar-refractivity contribution in [3.8, 4) is 11.5 Å². The van der Waals surface area contributed by atoms with E-state index in [9.17, 15) is 5.11 Å². The Hall–Kier alpha value is -1.26. The number of hydrogen-bond donors (Lipinski definition) is 2. The van der Waals surface area contributed by atoms with Gasteiger partial charge in [-0.15, -0.1) is 0 Å². The van der Waals surface area contributed by atoms with Gasteiger partial charge in [-0.1, -0.05) is 26.8 Å². The van der Waals surface area contributed by atoms with Crippen molar-refractivity contribution in [3.05, 3.63) is 23.8 Å². The minimum atomic E-state index is -0.568. The molecule has 2 N–H and O–H groups in total. The first-order valence-electron chi connectivity index (χ1n) is 7.18. The Morgan fingerprint density at radius 1 is 1.15 bits per heavy atom. The van der Waals surface area contributed by atoms with Gasteiger partial charge in [0.05, 0.1) is 20.3 Å². The normalized spacial score (nSPS) is 14.2. The van der Waals surface area contributed by atoms with E-state index in [1.807, 2.05) is 18.2 Å². The van der Waals surface area contributed by atoms with Crippen LogP contribution in [0.25, 0.3) is 0 Å². The van der Waals surface area contributed by atoms with E-state index >= 15 is 0 Å². The van der Waals surface area contributed by atoms with Gasteiger partial charge < -0.3 is 19.9 Å². The zero-order valence-electron chi connectivity index (χ0n) is 13.1. The molecule has 0 radical (unpaired) electrons. The van der Waals surface area contributed by atoms with Crippen LogP contribution in [0.3, 0.4) is 0 Å². The quantitative estimate of drug-likeness (QED) is 0.769. The Balaban J connectivity index is 2.96. The third-order valence-electron chi connectivity index (χ3n) is 3.44. The Morgan fingerprint density at radius 3 is 2.30 bits per heavy atom. The maximum Gasteiger partial charge on any atom is 0.161 e. The van der Waals surface area contributed by atoms with E-state index < -0.39 is 6.10 Å². The molecule has 0 spiro atoms. The molecule has 1 aromatic carbocycles. The molecule has 0 bridgehead atoms. The fourth-order valence-electron chi connectivity index (χ4n) is 2.27. The highest BCUT2D eigenvalue weighted by molar-refractivity contribution is 5.43. The fraction of sp³-hybridized carbons (Fsp3) is 0.625. The van der Waals surface area contributed by atoms with Crippen molar-refractivity contribution >= 4 is 0 Å². The maximum absolute atomic E-state index is 10.6. The largest absolute Gasteiger partial charge is 0.493 e. The maximum atomic E-state index is 10.6. The van der Waals surface area contributed by atoms with Crippen LogP contribution in [0, 0.1) is 5.92 Å². The Kier molecular flexibility index (Phi) is 6.82. The third-order valence-corrected chi connectivity index (χ3v) is 3.44. The highest BCUT2D eigenvalue weighted by Crippen LogP contribution is 2.32. The van der Waals surface area contributed by atoms with Crippen LogP contribution in [0.5, 0.6) is 11.5 Å². The van der Waals surface area contributed by atoms with E-state index in [-0.39, 0.29) is 6.04 Å². The molecule has 2 atom stereocenters. The second kappa shape index (κ2) is 8.12. The molecule has 2 unspecified atom stereocenters. The molecule has 0 fully saturated rings. The summed E-state index contributed by atoms with van der Waals surface area (Å²) >= 11 is 0. The number of nitrogens with one attached hydrogen (secondary N) is 1. The molecule has 0 saturated carbocycles. The minimum Gasteiger partial charge on any atom is -0.493 e. The topological polar surface area (TPSA) is 50.7 Å². The van der Waals surface area contributed by atoms with Gasteiger partial charge >= 0.3 is 0 Å². The van der Waals surface area contributed by atoms with Crippen molar-refractivity contribution < 1.29 is 14.6 Å². The monoisotopic (exact) mass is 281 g/mol. The van der Waals surface area contributed by atoms with Crippen LogP contribution in [0.4, 0.5) is 0 Å². The third kappa shape index (κ3) is 4.12. The molecule has 4 nitrogen and oxygen atoms in total. The average molecular weight is 281 g/mol. The number of aliphatic hydroxyl groups is 1. The van der Waals surface area contributed by atoms with Gasteiger partial charge in [0.25, 0.3) is 0 Å². The molecule has 0 heterocycles. The van der Waals surface area contributed by atoms with Crippen molar-refractivity contribution in [2.24, 2.45) is 5.92 Å². The summed E-state index contributed by atoms with van der Waals surface area (Å²) in [7, 11) is 3.21. The van der Waals surface area contributed by atoms with Crippen LogP contribution < -0.4 is 14.8 Å². The number of hydrogen-bond acceptors (Lipinski definition) is 4. The van der Waals surface area contributed by atoms with Gasteiger partial charge in [0.1, 0.15) is 0 Å². The number of benzene rings is 1. The van der Waals surface area contributed by atoms with Gasteiger partial charge in [0, 0.05) is 6.04 Å². The van der Waals surface area contributed by atoms with E-state index in [1.165, 1.54) is 0 Å². The summed E-state index contributed by atoms with van der Waals surface area (Å²) in [4.78, 5) is 0. The number of ether oxygens (including phenoxy) is 2. The van der Waals surface area contributed by atoms with Crippen molar-refractivity contribution in [3.63, 3.8) is 0 Å². The summed E-state index contributed by atoms with van der Waals surface area (Å²) in [6, 6.07) is 5.57. The van der Waals surface area contributed by atoms with E-state index in [0.29, 0.717) is 17.4 Å². The highest BCUT2D eigenvalue weighted by atomic mass is 16.5. The van der Waals surface area contributed by atoms with Gasteiger partial charge in [0.2, 0.25) is 0 Å². The van der Waals surface area contributed by atoms with Gasteiger partial charge in [-0.25, -0.2) is 0 Å². The van der Waals surface area contributed by atoms with Crippen LogP contribution in [-0.2, 0) is 0 Å². The number of rotatable bonds is 8. The second-order valence-electron chi connectivity index (χ2n) is 5.28. The average Bonchev–Trinajstić information content (AvgIpc) is 2.46. The number of methoxy groups -OCH3 is 2. The Bertz CT molecular complexity index is 407. The molecule has 4 heteroatoms. The zero-order chi connectivity index (χ0) is 15.1. The Labute approximate surface area is 122 Å². The lowest BCUT2D eigenvalue weighted by Gasteiger charge is -2.28. The molecule has 0 aliphatic carbocycles. The highest BCUT2D eigenvalue weighted by Gasteiger charge is 2.24. The predicted octanol–water partition coefficient (Wildman–Crippen LogP) is 2.76. The first-order valence-corrected chi connectivity index (χ1v) is 7.18. The molecular formula is C16H27NO3. The van der Waals surface area contributed by atoms with Gasteiger partial charge in [0.15, 0.2) is 11.5 Å². The fourth-order valence-corrected chi connectivity index (χ4v) is 2.27. The summed E-state index contributed by atoms with van der Waals surface area (Å²) in [5, 5.41) is 14.0. The molecule has 0 amide bonds. The SMILES string of the molecule is CCCNC(C(C)C)C(O)c1ccc(OC)c(OC)c1. The molecule has 0 aliphatic heterocycles. The molecular weight excluding hydrogens is 254 g/mol. The van der Waals surface area contributed by atoms with E-state index in [4.69, 9.17) is 9.47 Å². The zero-order valence-corrected chi connectivity index (χ0v) is 13.1. The van der Waals surface area contributed by atoms with Gasteiger partial charge in [-0.2, -0.15) is 0 Å². The second-order valence-corrected chi connectivity index (χ2v) is 5.28. The summed E-state index contributed by atoms with van der Waals surface area (Å²) < 4.78 is 10.5. The van der Waals surface area contributed by atoms with E-state index in [2.05, 4.69) is 26.1 Å². The lowest BCUT2D eigenvalue weighted by Crippen LogP contribution is -2.39. The van der Waals surface area contributed by atoms with Gasteiger partial charge in [-0.05, 0) is 36.6 Å². The van der Waals surface area contributed by atoms with Crippen LogP contribution >= 0.6 is 0 Å². The molecule has 0 aromatic heterocycles. The van der Waals surface area contributed by atoms with Crippen LogP contribution in [-0.4, -0.2) is 31.9 Å². The molecule has 20 heavy (non-hydrogen) atoms. The smallest absolute Gasteiger partial charge is 0.161 e. The lowest BCUT2D eigenvalue weighted by molar-refractivity contribution is 0.105. The summed E-state index contributed by atoms with van der Waals surface area (Å²) in [5.74, 6) is 1.65. The minimum absolute atomic E-state index is 0.0213. The summed E-state index contributed by atoms with van der Waals surface area (Å²) in [6.45, 7) is 7.23. The lowest BCUT2D eigenvalue weighted by atomic mass is 9.93. The first kappa shape index (κ1) is 16.8. The van der Waals surface area contributed by atoms with Crippen molar-refractivity contribution in [2.45, 2.75) is 39.3 Å². The predicted molar refractivity (Wildman–Crippen MR) is 81.4 cm³/mol. The molecule has 1 rings (SSSR count). The van der Waals surface area contributed by atoms with Crippen LogP contribution in [0.1, 0.15) is 38.9 Å².